The lowest BCUT2D eigenvalue weighted by molar-refractivity contribution is 0.0951. The Hall–Kier alpha value is -2.47. The molecule has 0 spiro atoms. The van der Waals surface area contributed by atoms with E-state index in [4.69, 9.17) is 5.84 Å². The number of hydrazine groups is 1. The van der Waals surface area contributed by atoms with Gasteiger partial charge >= 0.3 is 0 Å². The van der Waals surface area contributed by atoms with Gasteiger partial charge in [-0.3, -0.25) is 15.0 Å². The number of nitrogens with two attached hydrogens (primary N) is 1. The smallest absolute Gasteiger partial charge is 0.279 e. The highest BCUT2D eigenvalue weighted by atomic mass is 16.2. The van der Waals surface area contributed by atoms with Crippen LogP contribution in [-0.4, -0.2) is 15.7 Å². The predicted molar refractivity (Wildman–Crippen MR) is 80.7 cm³/mol. The highest BCUT2D eigenvalue weighted by Gasteiger charge is 2.15. The fourth-order valence-corrected chi connectivity index (χ4v) is 2.14. The van der Waals surface area contributed by atoms with Gasteiger partial charge in [-0.15, -0.1) is 0 Å². The van der Waals surface area contributed by atoms with Crippen molar-refractivity contribution >= 4 is 5.91 Å². The molecule has 0 aliphatic rings. The van der Waals surface area contributed by atoms with Gasteiger partial charge in [0.2, 0.25) is 0 Å². The molecule has 0 radical (unpaired) electrons. The fourth-order valence-electron chi connectivity index (χ4n) is 2.14. The van der Waals surface area contributed by atoms with Crippen LogP contribution < -0.4 is 16.8 Å². The lowest BCUT2D eigenvalue weighted by Crippen LogP contribution is -2.37. The minimum Gasteiger partial charge on any atom is -0.290 e. The van der Waals surface area contributed by atoms with E-state index < -0.39 is 11.5 Å². The highest BCUT2D eigenvalue weighted by molar-refractivity contribution is 5.94. The second-order valence-corrected chi connectivity index (χ2v) is 4.86. The van der Waals surface area contributed by atoms with Crippen molar-refractivity contribution in [2.45, 2.75) is 27.3 Å². The molecule has 2 aromatic rings. The predicted octanol–water partition coefficient (Wildman–Crippen LogP) is 1.15. The first-order valence-corrected chi connectivity index (χ1v) is 6.68. The lowest BCUT2D eigenvalue weighted by Gasteiger charge is -2.11. The first-order chi connectivity index (χ1) is 9.97. The number of aryl methyl sites for hydroxylation is 3. The zero-order chi connectivity index (χ0) is 15.6. The Morgan fingerprint density at radius 1 is 1.33 bits per heavy atom. The third-order valence-electron chi connectivity index (χ3n) is 3.32. The maximum atomic E-state index is 12.1. The molecule has 0 aliphatic carbocycles. The molecule has 0 unspecified atom stereocenters. The van der Waals surface area contributed by atoms with Crippen LogP contribution in [0, 0.1) is 13.8 Å². The normalized spacial score (nSPS) is 10.5. The van der Waals surface area contributed by atoms with E-state index in [0.29, 0.717) is 12.2 Å². The molecule has 0 aliphatic heterocycles. The highest BCUT2D eigenvalue weighted by Crippen LogP contribution is 2.22. The maximum Gasteiger partial charge on any atom is 0.279 e. The van der Waals surface area contributed by atoms with E-state index in [1.807, 2.05) is 37.5 Å². The number of hydrogen-bond donors (Lipinski definition) is 2. The first-order valence-electron chi connectivity index (χ1n) is 6.68. The van der Waals surface area contributed by atoms with Crippen LogP contribution in [0.3, 0.4) is 0 Å². The molecule has 1 heterocycles. The Labute approximate surface area is 122 Å². The number of carbonyl (C=O) groups is 1. The average molecular weight is 286 g/mol. The molecule has 1 amide bonds. The monoisotopic (exact) mass is 286 g/mol. The summed E-state index contributed by atoms with van der Waals surface area (Å²) in [7, 11) is 0. The van der Waals surface area contributed by atoms with Gasteiger partial charge in [0, 0.05) is 12.1 Å². The number of aromatic nitrogens is 2. The summed E-state index contributed by atoms with van der Waals surface area (Å²) in [5.41, 5.74) is 5.11. The van der Waals surface area contributed by atoms with E-state index >= 15 is 0 Å². The van der Waals surface area contributed by atoms with E-state index in [2.05, 4.69) is 5.10 Å². The van der Waals surface area contributed by atoms with Crippen molar-refractivity contribution in [1.82, 2.24) is 15.2 Å². The van der Waals surface area contributed by atoms with Crippen molar-refractivity contribution in [2.24, 2.45) is 5.84 Å². The van der Waals surface area contributed by atoms with Crippen molar-refractivity contribution in [3.63, 3.8) is 0 Å². The molecule has 0 atom stereocenters. The summed E-state index contributed by atoms with van der Waals surface area (Å²) in [6, 6.07) is 7.45. The molecule has 1 aromatic heterocycles. The quantitative estimate of drug-likeness (QED) is 0.503. The number of benzene rings is 1. The van der Waals surface area contributed by atoms with E-state index in [0.717, 1.165) is 16.7 Å². The summed E-state index contributed by atoms with van der Waals surface area (Å²) in [5, 5.41) is 4.32. The maximum absolute atomic E-state index is 12.1. The van der Waals surface area contributed by atoms with E-state index in [1.54, 1.807) is 6.92 Å². The Kier molecular flexibility index (Phi) is 4.18. The average Bonchev–Trinajstić information content (AvgIpc) is 2.49. The van der Waals surface area contributed by atoms with Crippen LogP contribution in [0.1, 0.15) is 28.4 Å². The van der Waals surface area contributed by atoms with Crippen molar-refractivity contribution in [2.75, 3.05) is 0 Å². The Morgan fingerprint density at radius 3 is 2.67 bits per heavy atom. The first kappa shape index (κ1) is 14.9. The van der Waals surface area contributed by atoms with Crippen LogP contribution in [0.4, 0.5) is 0 Å². The van der Waals surface area contributed by atoms with Gasteiger partial charge in [-0.25, -0.2) is 10.5 Å². The summed E-state index contributed by atoms with van der Waals surface area (Å²) >= 11 is 0. The van der Waals surface area contributed by atoms with Crippen molar-refractivity contribution in [3.05, 3.63) is 51.3 Å². The molecular weight excluding hydrogens is 268 g/mol. The summed E-state index contributed by atoms with van der Waals surface area (Å²) in [4.78, 5) is 23.9. The lowest BCUT2D eigenvalue weighted by atomic mass is 10.0. The minimum absolute atomic E-state index is 0.00902. The molecule has 0 fully saturated rings. The minimum atomic E-state index is -0.615. The summed E-state index contributed by atoms with van der Waals surface area (Å²) < 4.78 is 1.27. The molecule has 6 heteroatoms. The fraction of sp³-hybridized carbons (Fsp3) is 0.267. The molecule has 0 saturated heterocycles. The van der Waals surface area contributed by atoms with Gasteiger partial charge in [0.1, 0.15) is 5.56 Å². The topological polar surface area (TPSA) is 90.0 Å². The zero-order valence-corrected chi connectivity index (χ0v) is 12.3. The van der Waals surface area contributed by atoms with Gasteiger partial charge in [0.25, 0.3) is 11.5 Å². The molecular formula is C15H18N4O2. The summed E-state index contributed by atoms with van der Waals surface area (Å²) in [6.45, 7) is 6.11. The van der Waals surface area contributed by atoms with Crippen molar-refractivity contribution in [1.29, 1.82) is 0 Å². The standard InChI is InChI=1S/C15H18N4O2/c1-4-19-15(21)12(14(20)17-16)8-13(18-19)11-7-9(2)5-6-10(11)3/h5-8H,4,16H2,1-3H3,(H,17,20). The van der Waals surface area contributed by atoms with Crippen LogP contribution in [0.2, 0.25) is 0 Å². The van der Waals surface area contributed by atoms with Gasteiger partial charge < -0.3 is 0 Å². The largest absolute Gasteiger partial charge is 0.290 e. The van der Waals surface area contributed by atoms with Crippen LogP contribution >= 0.6 is 0 Å². The number of nitrogens with zero attached hydrogens (tertiary/aromatic N) is 2. The molecule has 0 bridgehead atoms. The Morgan fingerprint density at radius 2 is 2.05 bits per heavy atom. The molecule has 3 N–H and O–H groups in total. The van der Waals surface area contributed by atoms with Crippen molar-refractivity contribution in [3.8, 4) is 11.3 Å². The Balaban J connectivity index is 2.72. The molecule has 2 rings (SSSR count). The molecule has 21 heavy (non-hydrogen) atoms. The zero-order valence-electron chi connectivity index (χ0n) is 12.3. The third-order valence-corrected chi connectivity index (χ3v) is 3.32. The Bertz CT molecular complexity index is 750. The van der Waals surface area contributed by atoms with E-state index in [1.165, 1.54) is 10.7 Å². The molecule has 0 saturated carbocycles. The second kappa shape index (κ2) is 5.88. The van der Waals surface area contributed by atoms with Crippen LogP contribution in [0.15, 0.2) is 29.1 Å². The summed E-state index contributed by atoms with van der Waals surface area (Å²) in [5.74, 6) is 4.52. The second-order valence-electron chi connectivity index (χ2n) is 4.86. The van der Waals surface area contributed by atoms with Gasteiger partial charge in [-0.1, -0.05) is 17.7 Å². The number of nitrogen functional groups attached to an aromatic ring is 1. The van der Waals surface area contributed by atoms with E-state index in [-0.39, 0.29) is 5.56 Å². The van der Waals surface area contributed by atoms with Gasteiger partial charge in [-0.05, 0) is 38.5 Å². The third kappa shape index (κ3) is 2.85. The van der Waals surface area contributed by atoms with Gasteiger partial charge in [0.15, 0.2) is 0 Å². The molecule has 1 aromatic carbocycles. The molecule has 6 nitrogen and oxygen atoms in total. The van der Waals surface area contributed by atoms with Crippen LogP contribution in [-0.2, 0) is 6.54 Å². The molecule has 110 valence electrons. The van der Waals surface area contributed by atoms with Crippen LogP contribution in [0.5, 0.6) is 0 Å². The van der Waals surface area contributed by atoms with E-state index in [9.17, 15) is 9.59 Å². The SMILES string of the molecule is CCn1nc(-c2cc(C)ccc2C)cc(C(=O)NN)c1=O. The van der Waals surface area contributed by atoms with Crippen LogP contribution in [0.25, 0.3) is 11.3 Å². The number of rotatable bonds is 3. The number of nitrogens with one attached hydrogen (secondary N) is 1. The summed E-state index contributed by atoms with van der Waals surface area (Å²) in [6.07, 6.45) is 0. The van der Waals surface area contributed by atoms with Crippen molar-refractivity contribution < 1.29 is 4.79 Å². The number of hydrogen-bond acceptors (Lipinski definition) is 4. The number of carbonyl (C=O) groups excluding carboxylic acids is 1. The van der Waals surface area contributed by atoms with Gasteiger partial charge in [-0.2, -0.15) is 5.10 Å². The van der Waals surface area contributed by atoms with Gasteiger partial charge in [0.05, 0.1) is 5.69 Å². The number of amides is 1.